The molecule has 0 amide bonds. The van der Waals surface area contributed by atoms with E-state index in [4.69, 9.17) is 9.97 Å². The van der Waals surface area contributed by atoms with Gasteiger partial charge in [0.1, 0.15) is 0 Å². The van der Waals surface area contributed by atoms with Crippen molar-refractivity contribution in [1.29, 1.82) is 0 Å². The van der Waals surface area contributed by atoms with Crippen LogP contribution in [0.2, 0.25) is 0 Å². The Morgan fingerprint density at radius 2 is 0.963 bits per heavy atom. The van der Waals surface area contributed by atoms with E-state index in [0.717, 1.165) is 39.2 Å². The smallest absolute Gasteiger partial charge is 0.160 e. The van der Waals surface area contributed by atoms with Gasteiger partial charge in [0.25, 0.3) is 0 Å². The van der Waals surface area contributed by atoms with E-state index >= 15 is 0 Å². The monoisotopic (exact) mass is 685 g/mol. The van der Waals surface area contributed by atoms with E-state index in [9.17, 15) is 0 Å². The molecule has 0 saturated heterocycles. The average molecular weight is 686 g/mol. The second kappa shape index (κ2) is 12.2. The highest BCUT2D eigenvalue weighted by molar-refractivity contribution is 6.25. The summed E-state index contributed by atoms with van der Waals surface area (Å²) in [5.74, 6) is 0.684. The van der Waals surface area contributed by atoms with Crippen LogP contribution in [-0.4, -0.2) is 15.0 Å². The number of benzene rings is 9. The van der Waals surface area contributed by atoms with E-state index in [1.54, 1.807) is 6.20 Å². The lowest BCUT2D eigenvalue weighted by Gasteiger charge is -2.15. The summed E-state index contributed by atoms with van der Waals surface area (Å²) in [6.45, 7) is 0. The molecule has 0 radical (unpaired) electrons. The first-order valence-corrected chi connectivity index (χ1v) is 18.3. The third kappa shape index (κ3) is 4.94. The molecule has 0 spiro atoms. The van der Waals surface area contributed by atoms with E-state index in [0.29, 0.717) is 5.82 Å². The summed E-state index contributed by atoms with van der Waals surface area (Å²) in [7, 11) is 0. The van der Waals surface area contributed by atoms with Crippen LogP contribution in [0.4, 0.5) is 0 Å². The Hall–Kier alpha value is -7.23. The Labute approximate surface area is 312 Å². The maximum Gasteiger partial charge on any atom is 0.160 e. The fourth-order valence-electron chi connectivity index (χ4n) is 8.31. The SMILES string of the molecule is c1cncc(-c2cccc(-c3nc(-c4ccc(-c5cc6ccccc6c6ccccc56)cc4)cc(-c4ccc5ccc6cccc7ccc4c5c67)n3)c2)c1. The van der Waals surface area contributed by atoms with Crippen molar-refractivity contribution in [3.8, 4) is 56.2 Å². The lowest BCUT2D eigenvalue weighted by atomic mass is 9.90. The van der Waals surface area contributed by atoms with Crippen molar-refractivity contribution in [1.82, 2.24) is 15.0 Å². The Bertz CT molecular complexity index is 3190. The van der Waals surface area contributed by atoms with Gasteiger partial charge in [0.15, 0.2) is 5.82 Å². The average Bonchev–Trinajstić information content (AvgIpc) is 3.25. The first kappa shape index (κ1) is 30.4. The first-order chi connectivity index (χ1) is 26.7. The van der Waals surface area contributed by atoms with Crippen LogP contribution in [0, 0.1) is 0 Å². The molecule has 0 aliphatic carbocycles. The normalized spacial score (nSPS) is 11.7. The number of hydrogen-bond donors (Lipinski definition) is 0. The molecule has 0 aliphatic heterocycles. The van der Waals surface area contributed by atoms with Crippen LogP contribution in [0.15, 0.2) is 188 Å². The van der Waals surface area contributed by atoms with Gasteiger partial charge in [-0.2, -0.15) is 0 Å². The number of aromatic nitrogens is 3. The summed E-state index contributed by atoms with van der Waals surface area (Å²) in [5.41, 5.74) is 9.38. The van der Waals surface area contributed by atoms with Gasteiger partial charge in [-0.05, 0) is 94.8 Å². The summed E-state index contributed by atoms with van der Waals surface area (Å²) >= 11 is 0. The largest absolute Gasteiger partial charge is 0.264 e. The van der Waals surface area contributed by atoms with Crippen LogP contribution in [0.5, 0.6) is 0 Å². The molecule has 9 aromatic carbocycles. The van der Waals surface area contributed by atoms with Gasteiger partial charge < -0.3 is 0 Å². The highest BCUT2D eigenvalue weighted by atomic mass is 14.9. The fraction of sp³-hybridized carbons (Fsp3) is 0. The maximum absolute atomic E-state index is 5.32. The third-order valence-electron chi connectivity index (χ3n) is 10.9. The topological polar surface area (TPSA) is 38.7 Å². The van der Waals surface area contributed by atoms with Gasteiger partial charge in [-0.25, -0.2) is 9.97 Å². The molecule has 3 heteroatoms. The highest BCUT2D eigenvalue weighted by Gasteiger charge is 2.17. The summed E-state index contributed by atoms with van der Waals surface area (Å²) < 4.78 is 0. The molecule has 2 heterocycles. The maximum atomic E-state index is 5.32. The minimum Gasteiger partial charge on any atom is -0.264 e. The quantitative estimate of drug-likeness (QED) is 0.169. The molecule has 3 nitrogen and oxygen atoms in total. The Balaban J connectivity index is 1.10. The van der Waals surface area contributed by atoms with E-state index in [2.05, 4.69) is 175 Å². The number of fused-ring (bicyclic) bond motifs is 3. The molecule has 54 heavy (non-hydrogen) atoms. The van der Waals surface area contributed by atoms with Crippen LogP contribution in [0.25, 0.3) is 110 Å². The van der Waals surface area contributed by atoms with E-state index < -0.39 is 0 Å². The van der Waals surface area contributed by atoms with E-state index in [1.807, 2.05) is 12.3 Å². The van der Waals surface area contributed by atoms with Gasteiger partial charge in [0, 0.05) is 34.6 Å². The third-order valence-corrected chi connectivity index (χ3v) is 10.9. The molecule has 11 aromatic rings. The predicted octanol–water partition coefficient (Wildman–Crippen LogP) is 13.4. The molecule has 0 N–H and O–H groups in total. The van der Waals surface area contributed by atoms with Crippen molar-refractivity contribution >= 4 is 53.9 Å². The van der Waals surface area contributed by atoms with E-state index in [-0.39, 0.29) is 0 Å². The van der Waals surface area contributed by atoms with Crippen molar-refractivity contribution in [2.45, 2.75) is 0 Å². The molecule has 2 aromatic heterocycles. The summed E-state index contributed by atoms with van der Waals surface area (Å²) in [6, 6.07) is 63.1. The minimum absolute atomic E-state index is 0.684. The highest BCUT2D eigenvalue weighted by Crippen LogP contribution is 2.41. The molecular weight excluding hydrogens is 655 g/mol. The summed E-state index contributed by atoms with van der Waals surface area (Å²) in [6.07, 6.45) is 3.70. The molecule has 250 valence electrons. The molecule has 0 atom stereocenters. The van der Waals surface area contributed by atoms with Crippen molar-refractivity contribution in [3.05, 3.63) is 188 Å². The van der Waals surface area contributed by atoms with E-state index in [1.165, 1.54) is 65.0 Å². The predicted molar refractivity (Wildman–Crippen MR) is 226 cm³/mol. The van der Waals surface area contributed by atoms with Gasteiger partial charge in [-0.15, -0.1) is 0 Å². The van der Waals surface area contributed by atoms with Crippen LogP contribution in [0.3, 0.4) is 0 Å². The van der Waals surface area contributed by atoms with Gasteiger partial charge in [-0.3, -0.25) is 4.98 Å². The second-order valence-electron chi connectivity index (χ2n) is 14.0. The first-order valence-electron chi connectivity index (χ1n) is 18.3. The van der Waals surface area contributed by atoms with Crippen molar-refractivity contribution in [3.63, 3.8) is 0 Å². The molecule has 0 aliphatic rings. The van der Waals surface area contributed by atoms with Crippen molar-refractivity contribution < 1.29 is 0 Å². The fourth-order valence-corrected chi connectivity index (χ4v) is 8.31. The van der Waals surface area contributed by atoms with Crippen LogP contribution >= 0.6 is 0 Å². The zero-order chi connectivity index (χ0) is 35.6. The summed E-state index contributed by atoms with van der Waals surface area (Å²) in [4.78, 5) is 14.9. The van der Waals surface area contributed by atoms with Crippen molar-refractivity contribution in [2.75, 3.05) is 0 Å². The Morgan fingerprint density at radius 1 is 0.315 bits per heavy atom. The Kier molecular flexibility index (Phi) is 6.86. The molecular formula is C51H31N3. The zero-order valence-electron chi connectivity index (χ0n) is 29.2. The van der Waals surface area contributed by atoms with Crippen molar-refractivity contribution in [2.24, 2.45) is 0 Å². The molecule has 0 unspecified atom stereocenters. The van der Waals surface area contributed by atoms with Gasteiger partial charge in [-0.1, -0.05) is 152 Å². The molecule has 0 fully saturated rings. The van der Waals surface area contributed by atoms with Crippen LogP contribution < -0.4 is 0 Å². The standard InChI is InChI=1S/C51H31N3/c1-2-14-41-38(8-1)29-46(43-16-4-3-15-42(41)43)32-17-19-33(20-18-32)47-30-48(54-51(53-47)39-12-6-11-37(28-39)40-13-7-27-52-31-40)44-25-23-36-22-21-34-9-5-10-35-24-26-45(44)50(36)49(34)35/h1-31H. The number of rotatable bonds is 5. The van der Waals surface area contributed by atoms with Gasteiger partial charge >= 0.3 is 0 Å². The number of hydrogen-bond acceptors (Lipinski definition) is 3. The summed E-state index contributed by atoms with van der Waals surface area (Å²) in [5, 5.41) is 12.5. The van der Waals surface area contributed by atoms with Gasteiger partial charge in [0.2, 0.25) is 0 Å². The number of nitrogens with zero attached hydrogens (tertiary/aromatic N) is 3. The lowest BCUT2D eigenvalue weighted by molar-refractivity contribution is 1.18. The second-order valence-corrected chi connectivity index (χ2v) is 14.0. The Morgan fingerprint density at radius 3 is 1.80 bits per heavy atom. The van der Waals surface area contributed by atoms with Crippen LogP contribution in [-0.2, 0) is 0 Å². The molecule has 11 rings (SSSR count). The zero-order valence-corrected chi connectivity index (χ0v) is 29.2. The molecule has 0 bridgehead atoms. The van der Waals surface area contributed by atoms with Crippen LogP contribution in [0.1, 0.15) is 0 Å². The molecule has 0 saturated carbocycles. The number of pyridine rings is 1. The van der Waals surface area contributed by atoms with Gasteiger partial charge in [0.05, 0.1) is 11.4 Å². The lowest BCUT2D eigenvalue weighted by Crippen LogP contribution is -1.97. The minimum atomic E-state index is 0.684.